The fraction of sp³-hybridized carbons (Fsp3) is 0.333. The van der Waals surface area contributed by atoms with Crippen molar-refractivity contribution >= 4 is 11.4 Å². The quantitative estimate of drug-likeness (QED) is 0.726. The Hall–Kier alpha value is -2.36. The molecular weight excluding hydrogens is 276 g/mol. The first-order valence-corrected chi connectivity index (χ1v) is 7.68. The Bertz CT molecular complexity index is 552. The van der Waals surface area contributed by atoms with E-state index in [1.54, 1.807) is 0 Å². The molecular formula is C18H24N2O2. The third-order valence-electron chi connectivity index (χ3n) is 3.38. The Balaban J connectivity index is 1.93. The number of ether oxygens (including phenoxy) is 2. The van der Waals surface area contributed by atoms with E-state index in [1.807, 2.05) is 48.5 Å². The lowest BCUT2D eigenvalue weighted by molar-refractivity contribution is 0.119. The minimum absolute atomic E-state index is 0.0149. The zero-order valence-corrected chi connectivity index (χ0v) is 13.0. The van der Waals surface area contributed by atoms with Gasteiger partial charge in [0.25, 0.3) is 0 Å². The number of unbranched alkanes of at least 4 members (excludes halogenated alkanes) is 1. The summed E-state index contributed by atoms with van der Waals surface area (Å²) in [5.74, 6) is 1.62. The minimum Gasteiger partial charge on any atom is -0.490 e. The second-order valence-corrected chi connectivity index (χ2v) is 5.33. The normalized spacial score (nSPS) is 11.9. The van der Waals surface area contributed by atoms with Gasteiger partial charge in [-0.2, -0.15) is 0 Å². The summed E-state index contributed by atoms with van der Waals surface area (Å²) in [5.41, 5.74) is 12.8. The molecule has 2 aromatic carbocycles. The summed E-state index contributed by atoms with van der Waals surface area (Å²) >= 11 is 0. The van der Waals surface area contributed by atoms with Crippen LogP contribution < -0.4 is 20.9 Å². The van der Waals surface area contributed by atoms with Crippen molar-refractivity contribution in [3.8, 4) is 11.5 Å². The summed E-state index contributed by atoms with van der Waals surface area (Å²) in [5, 5.41) is 0. The van der Waals surface area contributed by atoms with Gasteiger partial charge < -0.3 is 20.9 Å². The van der Waals surface area contributed by atoms with Gasteiger partial charge >= 0.3 is 0 Å². The summed E-state index contributed by atoms with van der Waals surface area (Å²) in [6, 6.07) is 14.9. The van der Waals surface area contributed by atoms with Gasteiger partial charge in [0.05, 0.1) is 0 Å². The molecule has 0 saturated carbocycles. The summed E-state index contributed by atoms with van der Waals surface area (Å²) in [4.78, 5) is 0. The van der Waals surface area contributed by atoms with Gasteiger partial charge in [0, 0.05) is 11.4 Å². The maximum atomic E-state index is 6.01. The van der Waals surface area contributed by atoms with Crippen molar-refractivity contribution in [2.75, 3.05) is 18.1 Å². The van der Waals surface area contributed by atoms with Gasteiger partial charge in [0.15, 0.2) is 0 Å². The lowest BCUT2D eigenvalue weighted by Crippen LogP contribution is -2.25. The lowest BCUT2D eigenvalue weighted by Gasteiger charge is -2.20. The number of nitrogen functional groups attached to an aromatic ring is 2. The molecule has 0 aliphatic carbocycles. The Morgan fingerprint density at radius 2 is 1.41 bits per heavy atom. The summed E-state index contributed by atoms with van der Waals surface area (Å²) < 4.78 is 11.8. The van der Waals surface area contributed by atoms with E-state index in [0.29, 0.717) is 6.61 Å². The van der Waals surface area contributed by atoms with Crippen LogP contribution in [0.1, 0.15) is 26.2 Å². The molecule has 4 nitrogen and oxygen atoms in total. The fourth-order valence-corrected chi connectivity index (χ4v) is 2.10. The highest BCUT2D eigenvalue weighted by atomic mass is 16.5. The fourth-order valence-electron chi connectivity index (χ4n) is 2.10. The molecule has 0 aromatic heterocycles. The molecule has 0 aliphatic heterocycles. The van der Waals surface area contributed by atoms with Gasteiger partial charge in [-0.25, -0.2) is 0 Å². The Morgan fingerprint density at radius 1 is 0.864 bits per heavy atom. The first-order chi connectivity index (χ1) is 10.7. The zero-order valence-electron chi connectivity index (χ0n) is 13.0. The molecule has 0 spiro atoms. The van der Waals surface area contributed by atoms with E-state index in [9.17, 15) is 0 Å². The van der Waals surface area contributed by atoms with Gasteiger partial charge in [-0.1, -0.05) is 13.3 Å². The van der Waals surface area contributed by atoms with Crippen LogP contribution in [0.5, 0.6) is 11.5 Å². The first kappa shape index (κ1) is 16.0. The number of hydrogen-bond acceptors (Lipinski definition) is 4. The van der Waals surface area contributed by atoms with Crippen LogP contribution in [-0.2, 0) is 0 Å². The molecule has 1 unspecified atom stereocenters. The van der Waals surface area contributed by atoms with Crippen LogP contribution >= 0.6 is 0 Å². The number of benzene rings is 2. The molecule has 0 fully saturated rings. The van der Waals surface area contributed by atoms with E-state index < -0.39 is 0 Å². The standard InChI is InChI=1S/C18H24N2O2/c1-2-3-4-18(22-17-11-7-15(20)8-12-17)13-21-16-9-5-14(19)6-10-16/h5-12,18H,2-4,13,19-20H2,1H3. The molecule has 0 aliphatic rings. The number of nitrogens with two attached hydrogens (primary N) is 2. The van der Waals surface area contributed by atoms with Crippen molar-refractivity contribution in [1.29, 1.82) is 0 Å². The van der Waals surface area contributed by atoms with Crippen molar-refractivity contribution < 1.29 is 9.47 Å². The van der Waals surface area contributed by atoms with Crippen molar-refractivity contribution in [2.45, 2.75) is 32.3 Å². The van der Waals surface area contributed by atoms with Crippen molar-refractivity contribution in [1.82, 2.24) is 0 Å². The van der Waals surface area contributed by atoms with Gasteiger partial charge in [-0.05, 0) is 61.4 Å². The van der Waals surface area contributed by atoms with E-state index >= 15 is 0 Å². The maximum absolute atomic E-state index is 6.01. The third-order valence-corrected chi connectivity index (χ3v) is 3.38. The molecule has 22 heavy (non-hydrogen) atoms. The molecule has 4 heteroatoms. The van der Waals surface area contributed by atoms with Crippen LogP contribution in [0, 0.1) is 0 Å². The van der Waals surface area contributed by atoms with E-state index in [1.165, 1.54) is 0 Å². The molecule has 0 saturated heterocycles. The van der Waals surface area contributed by atoms with Crippen LogP contribution in [-0.4, -0.2) is 12.7 Å². The molecule has 1 atom stereocenters. The van der Waals surface area contributed by atoms with Gasteiger partial charge in [0.1, 0.15) is 24.2 Å². The summed E-state index contributed by atoms with van der Waals surface area (Å²) in [6.07, 6.45) is 3.20. The second-order valence-electron chi connectivity index (χ2n) is 5.33. The molecule has 0 amide bonds. The predicted molar refractivity (Wildman–Crippen MR) is 91.1 cm³/mol. The van der Waals surface area contributed by atoms with Crippen molar-refractivity contribution in [2.24, 2.45) is 0 Å². The van der Waals surface area contributed by atoms with Crippen molar-refractivity contribution in [3.05, 3.63) is 48.5 Å². The highest BCUT2D eigenvalue weighted by Crippen LogP contribution is 2.19. The molecule has 2 rings (SSSR count). The van der Waals surface area contributed by atoms with Gasteiger partial charge in [0.2, 0.25) is 0 Å². The number of rotatable bonds is 8. The zero-order chi connectivity index (χ0) is 15.8. The average Bonchev–Trinajstić information content (AvgIpc) is 2.53. The van der Waals surface area contributed by atoms with E-state index in [4.69, 9.17) is 20.9 Å². The van der Waals surface area contributed by atoms with Gasteiger partial charge in [-0.3, -0.25) is 0 Å². The molecule has 4 N–H and O–H groups in total. The number of hydrogen-bond donors (Lipinski definition) is 2. The Labute approximate surface area is 132 Å². The van der Waals surface area contributed by atoms with Crippen LogP contribution in [0.15, 0.2) is 48.5 Å². The van der Waals surface area contributed by atoms with Gasteiger partial charge in [-0.15, -0.1) is 0 Å². The molecule has 0 radical (unpaired) electrons. The smallest absolute Gasteiger partial charge is 0.133 e. The average molecular weight is 300 g/mol. The second kappa shape index (κ2) is 8.17. The third kappa shape index (κ3) is 5.20. The largest absolute Gasteiger partial charge is 0.490 e. The summed E-state index contributed by atoms with van der Waals surface area (Å²) in [6.45, 7) is 2.68. The molecule has 0 bridgehead atoms. The van der Waals surface area contributed by atoms with E-state index in [-0.39, 0.29) is 6.10 Å². The number of anilines is 2. The Morgan fingerprint density at radius 3 is 1.95 bits per heavy atom. The Kier molecular flexibility index (Phi) is 5.95. The van der Waals surface area contributed by atoms with Crippen molar-refractivity contribution in [3.63, 3.8) is 0 Å². The first-order valence-electron chi connectivity index (χ1n) is 7.68. The maximum Gasteiger partial charge on any atom is 0.133 e. The lowest BCUT2D eigenvalue weighted by atomic mass is 10.1. The highest BCUT2D eigenvalue weighted by molar-refractivity contribution is 5.42. The monoisotopic (exact) mass is 300 g/mol. The predicted octanol–water partition coefficient (Wildman–Crippen LogP) is 3.87. The topological polar surface area (TPSA) is 70.5 Å². The van der Waals surface area contributed by atoms with E-state index in [2.05, 4.69) is 6.92 Å². The van der Waals surface area contributed by atoms with Crippen LogP contribution in [0.2, 0.25) is 0 Å². The van der Waals surface area contributed by atoms with Crippen LogP contribution in [0.3, 0.4) is 0 Å². The SMILES string of the molecule is CCCCC(COc1ccc(N)cc1)Oc1ccc(N)cc1. The molecule has 2 aromatic rings. The highest BCUT2D eigenvalue weighted by Gasteiger charge is 2.11. The molecule has 118 valence electrons. The van der Waals surface area contributed by atoms with Crippen LogP contribution in [0.25, 0.3) is 0 Å². The minimum atomic E-state index is 0.0149. The van der Waals surface area contributed by atoms with Crippen LogP contribution in [0.4, 0.5) is 11.4 Å². The molecule has 0 heterocycles. The summed E-state index contributed by atoms with van der Waals surface area (Å²) in [7, 11) is 0. The van der Waals surface area contributed by atoms with E-state index in [0.717, 1.165) is 42.1 Å².